The first kappa shape index (κ1) is 28.8. The molecule has 17 heteroatoms. The minimum atomic E-state index is -1.62. The van der Waals surface area contributed by atoms with Crippen LogP contribution in [0.2, 0.25) is 5.02 Å². The molecule has 3 heterocycles. The largest absolute Gasteiger partial charge is 0.481 e. The molecule has 2 aliphatic heterocycles. The number of esters is 1. The number of nitrogens with one attached hydrogen (secondary N) is 2. The maximum absolute atomic E-state index is 13.2. The van der Waals surface area contributed by atoms with E-state index in [9.17, 15) is 38.7 Å². The van der Waals surface area contributed by atoms with E-state index in [1.165, 1.54) is 11.4 Å². The molecule has 2 fully saturated rings. The van der Waals surface area contributed by atoms with Crippen LogP contribution in [0.25, 0.3) is 0 Å². The van der Waals surface area contributed by atoms with Gasteiger partial charge in [0.05, 0.1) is 18.0 Å². The molecule has 5 amide bonds. The van der Waals surface area contributed by atoms with Crippen LogP contribution in [-0.2, 0) is 28.7 Å². The normalized spacial score (nSPS) is 18.3. The number of halogens is 1. The molecule has 4 N–H and O–H groups in total. The number of aliphatic hydroxyl groups excluding tert-OH is 1. The van der Waals surface area contributed by atoms with Crippen molar-refractivity contribution in [2.45, 2.75) is 37.8 Å². The Bertz CT molecular complexity index is 1140. The number of Topliss-reactive ketones (excluding diaryl/α,β-unsaturated/α-hetero) is 1. The van der Waals surface area contributed by atoms with Crippen LogP contribution in [0.5, 0.6) is 0 Å². The molecule has 0 spiro atoms. The fourth-order valence-electron chi connectivity index (χ4n) is 3.83. The van der Waals surface area contributed by atoms with Crippen molar-refractivity contribution in [1.29, 1.82) is 0 Å². The highest BCUT2D eigenvalue weighted by Gasteiger charge is 2.44. The number of nitrogens with zero attached hydrogens (tertiary/aromatic N) is 3. The standard InChI is InChI=1S/C21H24ClN5O10S/c22-11-4-7-38-18(11)20(35)37-10-14(29)12(8-17(32)33)23-19(34)13-2-1-5-26-16(31)3-6-25(21(36)27(13)26)24-15(30)9-28/h4,7,12-13,28H,1-3,5-6,8-10H2,(H,23,34)(H,24,30)(H,32,33). The van der Waals surface area contributed by atoms with Crippen LogP contribution in [-0.4, -0.2) is 105 Å². The summed E-state index contributed by atoms with van der Waals surface area (Å²) in [4.78, 5) is 86.9. The molecule has 38 heavy (non-hydrogen) atoms. The Morgan fingerprint density at radius 3 is 2.58 bits per heavy atom. The van der Waals surface area contributed by atoms with Crippen molar-refractivity contribution in [2.75, 3.05) is 26.3 Å². The summed E-state index contributed by atoms with van der Waals surface area (Å²) < 4.78 is 4.92. The molecule has 0 aliphatic carbocycles. The number of hydrogen-bond acceptors (Lipinski definition) is 10. The van der Waals surface area contributed by atoms with Crippen molar-refractivity contribution < 1.29 is 48.5 Å². The van der Waals surface area contributed by atoms with E-state index in [2.05, 4.69) is 10.7 Å². The van der Waals surface area contributed by atoms with Crippen molar-refractivity contribution >= 4 is 64.4 Å². The van der Waals surface area contributed by atoms with Crippen LogP contribution in [0, 0.1) is 0 Å². The summed E-state index contributed by atoms with van der Waals surface area (Å²) in [6, 6.07) is -2.43. The van der Waals surface area contributed by atoms with E-state index in [-0.39, 0.29) is 35.8 Å². The van der Waals surface area contributed by atoms with Crippen LogP contribution < -0.4 is 10.7 Å². The highest BCUT2D eigenvalue weighted by molar-refractivity contribution is 7.12. The average Bonchev–Trinajstić information content (AvgIpc) is 3.28. The summed E-state index contributed by atoms with van der Waals surface area (Å²) in [5, 5.41) is 24.9. The number of aliphatic carboxylic acids is 1. The van der Waals surface area contributed by atoms with Gasteiger partial charge in [0.2, 0.25) is 11.8 Å². The topological polar surface area (TPSA) is 203 Å². The van der Waals surface area contributed by atoms with Gasteiger partial charge in [0.15, 0.2) is 12.4 Å². The van der Waals surface area contributed by atoms with Crippen LogP contribution in [0.3, 0.4) is 0 Å². The molecule has 0 aromatic carbocycles. The zero-order chi connectivity index (χ0) is 28.0. The van der Waals surface area contributed by atoms with Gasteiger partial charge in [-0.3, -0.25) is 29.4 Å². The molecule has 0 bridgehead atoms. The first-order chi connectivity index (χ1) is 18.0. The van der Waals surface area contributed by atoms with Gasteiger partial charge in [-0.1, -0.05) is 11.6 Å². The van der Waals surface area contributed by atoms with Crippen molar-refractivity contribution in [3.8, 4) is 0 Å². The number of hydrogen-bond donors (Lipinski definition) is 4. The maximum Gasteiger partial charge on any atom is 0.358 e. The Balaban J connectivity index is 1.75. The minimum absolute atomic E-state index is 0.0442. The van der Waals surface area contributed by atoms with E-state index in [1.807, 2.05) is 0 Å². The molecule has 1 aromatic heterocycles. The highest BCUT2D eigenvalue weighted by atomic mass is 35.5. The van der Waals surface area contributed by atoms with Gasteiger partial charge in [0.1, 0.15) is 23.6 Å². The van der Waals surface area contributed by atoms with Crippen LogP contribution in [0.15, 0.2) is 11.4 Å². The Labute approximate surface area is 224 Å². The van der Waals surface area contributed by atoms with Gasteiger partial charge < -0.3 is 20.3 Å². The number of carboxylic acid groups (broad SMARTS) is 1. The molecule has 1 aromatic rings. The third-order valence-corrected chi connectivity index (χ3v) is 6.93. The molecule has 2 aliphatic rings. The van der Waals surface area contributed by atoms with E-state index < -0.39 is 73.2 Å². The molecule has 2 atom stereocenters. The fourth-order valence-corrected chi connectivity index (χ4v) is 4.86. The smallest absolute Gasteiger partial charge is 0.358 e. The second kappa shape index (κ2) is 12.7. The van der Waals surface area contributed by atoms with Crippen molar-refractivity contribution in [1.82, 2.24) is 25.8 Å². The summed E-state index contributed by atoms with van der Waals surface area (Å²) in [7, 11) is 0. The number of carbonyl (C=O) groups is 7. The van der Waals surface area contributed by atoms with E-state index in [0.29, 0.717) is 6.42 Å². The second-order valence-electron chi connectivity index (χ2n) is 8.20. The third-order valence-electron chi connectivity index (χ3n) is 5.60. The van der Waals surface area contributed by atoms with Crippen LogP contribution in [0.4, 0.5) is 4.79 Å². The lowest BCUT2D eigenvalue weighted by atomic mass is 10.0. The molecular formula is C21H24ClN5O10S. The molecule has 0 saturated carbocycles. The van der Waals surface area contributed by atoms with Crippen LogP contribution in [0.1, 0.15) is 35.4 Å². The number of ketones is 1. The summed E-state index contributed by atoms with van der Waals surface area (Å²) in [6.45, 7) is -1.89. The van der Waals surface area contributed by atoms with E-state index in [1.54, 1.807) is 0 Å². The number of rotatable bonds is 10. The number of carbonyl (C=O) groups excluding carboxylic acids is 6. The Hall–Kier alpha value is -3.76. The average molecular weight is 574 g/mol. The zero-order valence-electron chi connectivity index (χ0n) is 19.8. The predicted octanol–water partition coefficient (Wildman–Crippen LogP) is -0.856. The van der Waals surface area contributed by atoms with Crippen molar-refractivity contribution in [3.63, 3.8) is 0 Å². The number of thiophene rings is 1. The first-order valence-electron chi connectivity index (χ1n) is 11.3. The number of carboxylic acids is 1. The fraction of sp³-hybridized carbons (Fsp3) is 0.476. The number of ether oxygens (including phenoxy) is 1. The lowest BCUT2D eigenvalue weighted by Gasteiger charge is -2.43. The lowest BCUT2D eigenvalue weighted by molar-refractivity contribution is -0.155. The molecule has 2 unspecified atom stereocenters. The van der Waals surface area contributed by atoms with E-state index >= 15 is 0 Å². The third kappa shape index (κ3) is 6.76. The molecule has 206 valence electrons. The van der Waals surface area contributed by atoms with Gasteiger partial charge in [-0.15, -0.1) is 11.3 Å². The molecule has 15 nitrogen and oxygen atoms in total. The zero-order valence-corrected chi connectivity index (χ0v) is 21.3. The maximum atomic E-state index is 13.2. The van der Waals surface area contributed by atoms with E-state index in [0.717, 1.165) is 26.4 Å². The highest BCUT2D eigenvalue weighted by Crippen LogP contribution is 2.24. The van der Waals surface area contributed by atoms with Crippen molar-refractivity contribution in [3.05, 3.63) is 21.3 Å². The number of urea groups is 1. The number of amides is 5. The summed E-state index contributed by atoms with van der Waals surface area (Å²) in [6.07, 6.45) is -0.651. The van der Waals surface area contributed by atoms with Gasteiger partial charge in [-0.2, -0.15) is 0 Å². The monoisotopic (exact) mass is 573 g/mol. The molecule has 2 saturated heterocycles. The molecular weight excluding hydrogens is 550 g/mol. The van der Waals surface area contributed by atoms with Crippen LogP contribution >= 0.6 is 22.9 Å². The lowest BCUT2D eigenvalue weighted by Crippen LogP contribution is -2.65. The Kier molecular flexibility index (Phi) is 9.60. The van der Waals surface area contributed by atoms with Gasteiger partial charge in [0, 0.05) is 13.0 Å². The number of hydrazine groups is 2. The summed E-state index contributed by atoms with van der Waals surface area (Å²) in [5.41, 5.74) is 2.15. The van der Waals surface area contributed by atoms with Gasteiger partial charge in [-0.25, -0.2) is 24.6 Å². The second-order valence-corrected chi connectivity index (χ2v) is 9.52. The van der Waals surface area contributed by atoms with Crippen molar-refractivity contribution in [2.24, 2.45) is 0 Å². The summed E-state index contributed by atoms with van der Waals surface area (Å²) in [5.74, 6) is -5.61. The Morgan fingerprint density at radius 2 is 1.95 bits per heavy atom. The predicted molar refractivity (Wildman–Crippen MR) is 127 cm³/mol. The van der Waals surface area contributed by atoms with Gasteiger partial charge in [0.25, 0.3) is 5.91 Å². The van der Waals surface area contributed by atoms with Gasteiger partial charge in [-0.05, 0) is 24.3 Å². The van der Waals surface area contributed by atoms with E-state index in [4.69, 9.17) is 21.4 Å². The number of aliphatic hydroxyl groups is 1. The molecule has 3 rings (SSSR count). The summed E-state index contributed by atoms with van der Waals surface area (Å²) >= 11 is 6.84. The first-order valence-corrected chi connectivity index (χ1v) is 12.6. The van der Waals surface area contributed by atoms with Gasteiger partial charge >= 0.3 is 18.0 Å². The SMILES string of the molecule is O=C(O)CC(NC(=O)C1CCCN2C(=O)CCN(NC(=O)CO)C(=O)N12)C(=O)COC(=O)c1sccc1Cl. The number of fused-ring (bicyclic) bond motifs is 1. The quantitative estimate of drug-likeness (QED) is 0.255. The molecule has 0 radical (unpaired) electrons. The minimum Gasteiger partial charge on any atom is -0.481 e. The Morgan fingerprint density at radius 1 is 1.21 bits per heavy atom.